The second kappa shape index (κ2) is 6.42. The summed E-state index contributed by atoms with van der Waals surface area (Å²) in [6.07, 6.45) is 0.367. The van der Waals surface area contributed by atoms with Crippen molar-refractivity contribution < 1.29 is 22.7 Å². The normalized spacial score (nSPS) is 19.4. The quantitative estimate of drug-likeness (QED) is 0.881. The predicted octanol–water partition coefficient (Wildman–Crippen LogP) is 1.25. The lowest BCUT2D eigenvalue weighted by Crippen LogP contribution is -2.43. The molecular weight excluding hydrogens is 347 g/mol. The number of amides is 1. The molecule has 0 saturated carbocycles. The molecule has 1 fully saturated rings. The van der Waals surface area contributed by atoms with E-state index in [-0.39, 0.29) is 36.4 Å². The summed E-state index contributed by atoms with van der Waals surface area (Å²) in [5.41, 5.74) is 1.76. The third-order valence-corrected chi connectivity index (χ3v) is 6.62. The number of sulfone groups is 1. The van der Waals surface area contributed by atoms with Gasteiger partial charge in [0.15, 0.2) is 9.84 Å². The van der Waals surface area contributed by atoms with Crippen LogP contribution < -0.4 is 0 Å². The van der Waals surface area contributed by atoms with Gasteiger partial charge >= 0.3 is 0 Å². The SMILES string of the molecule is Cc1c(C(=O)N(CCO)[C@@H]2CCS(=O)(=O)C2)n(C)c2ccc(F)cc12. The van der Waals surface area contributed by atoms with Crippen molar-refractivity contribution in [1.82, 2.24) is 9.47 Å². The van der Waals surface area contributed by atoms with Crippen molar-refractivity contribution >= 4 is 26.6 Å². The minimum absolute atomic E-state index is 0.0478. The average Bonchev–Trinajstić information content (AvgIpc) is 3.02. The Labute approximate surface area is 145 Å². The molecule has 1 aliphatic rings. The molecule has 1 N–H and O–H groups in total. The van der Waals surface area contributed by atoms with Gasteiger partial charge in [-0.2, -0.15) is 0 Å². The number of carbonyl (C=O) groups is 1. The van der Waals surface area contributed by atoms with Crippen LogP contribution in [0.2, 0.25) is 0 Å². The molecule has 1 saturated heterocycles. The van der Waals surface area contributed by atoms with Crippen LogP contribution in [0.25, 0.3) is 10.9 Å². The molecule has 1 atom stereocenters. The molecule has 2 heterocycles. The van der Waals surface area contributed by atoms with Crippen molar-refractivity contribution in [2.75, 3.05) is 24.7 Å². The zero-order chi connectivity index (χ0) is 18.4. The Morgan fingerprint density at radius 3 is 2.76 bits per heavy atom. The summed E-state index contributed by atoms with van der Waals surface area (Å²) in [6.45, 7) is 1.56. The number of aromatic nitrogens is 1. The fourth-order valence-corrected chi connectivity index (χ4v) is 5.35. The molecule has 1 aromatic heterocycles. The van der Waals surface area contributed by atoms with Crippen LogP contribution in [-0.4, -0.2) is 59.6 Å². The summed E-state index contributed by atoms with van der Waals surface area (Å²) in [6, 6.07) is 3.90. The highest BCUT2D eigenvalue weighted by Gasteiger charge is 2.36. The monoisotopic (exact) mass is 368 g/mol. The van der Waals surface area contributed by atoms with Crippen LogP contribution >= 0.6 is 0 Å². The van der Waals surface area contributed by atoms with Gasteiger partial charge in [0.2, 0.25) is 0 Å². The van der Waals surface area contributed by atoms with Crippen LogP contribution in [-0.2, 0) is 16.9 Å². The second-order valence-electron chi connectivity index (χ2n) is 6.47. The maximum Gasteiger partial charge on any atom is 0.271 e. The smallest absolute Gasteiger partial charge is 0.271 e. The molecule has 1 aromatic carbocycles. The van der Waals surface area contributed by atoms with Crippen LogP contribution in [0, 0.1) is 12.7 Å². The standard InChI is InChI=1S/C17H21FN2O4S/c1-11-14-9-12(18)3-4-15(14)19(2)16(11)17(22)20(6-7-21)13-5-8-25(23,24)10-13/h3-4,9,13,21H,5-8,10H2,1-2H3/t13-/m1/s1. The molecule has 1 aliphatic heterocycles. The van der Waals surface area contributed by atoms with E-state index >= 15 is 0 Å². The Kier molecular flexibility index (Phi) is 4.59. The number of fused-ring (bicyclic) bond motifs is 1. The molecule has 136 valence electrons. The first-order chi connectivity index (χ1) is 11.7. The molecule has 8 heteroatoms. The van der Waals surface area contributed by atoms with E-state index in [0.717, 1.165) is 5.52 Å². The van der Waals surface area contributed by atoms with E-state index in [1.54, 1.807) is 24.6 Å². The fraction of sp³-hybridized carbons (Fsp3) is 0.471. The number of nitrogens with zero attached hydrogens (tertiary/aromatic N) is 2. The van der Waals surface area contributed by atoms with E-state index in [1.807, 2.05) is 0 Å². The first kappa shape index (κ1) is 17.9. The average molecular weight is 368 g/mol. The molecule has 2 aromatic rings. The molecule has 1 amide bonds. The molecule has 0 radical (unpaired) electrons. The van der Waals surface area contributed by atoms with Crippen LogP contribution in [0.3, 0.4) is 0 Å². The number of benzene rings is 1. The van der Waals surface area contributed by atoms with Crippen LogP contribution in [0.15, 0.2) is 18.2 Å². The highest BCUT2D eigenvalue weighted by atomic mass is 32.2. The van der Waals surface area contributed by atoms with Gasteiger partial charge in [-0.3, -0.25) is 4.79 Å². The van der Waals surface area contributed by atoms with E-state index in [0.29, 0.717) is 23.1 Å². The molecule has 25 heavy (non-hydrogen) atoms. The second-order valence-corrected chi connectivity index (χ2v) is 8.70. The van der Waals surface area contributed by atoms with Crippen molar-refractivity contribution in [2.45, 2.75) is 19.4 Å². The van der Waals surface area contributed by atoms with Gasteiger partial charge in [0, 0.05) is 30.5 Å². The van der Waals surface area contributed by atoms with Crippen molar-refractivity contribution in [1.29, 1.82) is 0 Å². The number of halogens is 1. The van der Waals surface area contributed by atoms with Crippen molar-refractivity contribution in [3.05, 3.63) is 35.3 Å². The van der Waals surface area contributed by atoms with E-state index in [2.05, 4.69) is 0 Å². The summed E-state index contributed by atoms with van der Waals surface area (Å²) in [4.78, 5) is 14.6. The summed E-state index contributed by atoms with van der Waals surface area (Å²) >= 11 is 0. The summed E-state index contributed by atoms with van der Waals surface area (Å²) in [5.74, 6) is -0.759. The first-order valence-electron chi connectivity index (χ1n) is 8.12. The molecule has 0 bridgehead atoms. The third-order valence-electron chi connectivity index (χ3n) is 4.87. The summed E-state index contributed by atoms with van der Waals surface area (Å²) in [5, 5.41) is 9.99. The lowest BCUT2D eigenvalue weighted by Gasteiger charge is -2.28. The molecule has 6 nitrogen and oxygen atoms in total. The maximum absolute atomic E-state index is 13.6. The van der Waals surface area contributed by atoms with E-state index in [1.165, 1.54) is 17.0 Å². The van der Waals surface area contributed by atoms with E-state index in [4.69, 9.17) is 0 Å². The number of aliphatic hydroxyl groups excluding tert-OH is 1. The molecule has 0 aliphatic carbocycles. The Morgan fingerprint density at radius 1 is 1.44 bits per heavy atom. The Bertz CT molecular complexity index is 936. The number of aryl methyl sites for hydroxylation is 2. The van der Waals surface area contributed by atoms with Gasteiger partial charge in [-0.25, -0.2) is 12.8 Å². The van der Waals surface area contributed by atoms with Gasteiger partial charge in [-0.05, 0) is 37.1 Å². The van der Waals surface area contributed by atoms with Crippen LogP contribution in [0.4, 0.5) is 4.39 Å². The molecule has 0 spiro atoms. The lowest BCUT2D eigenvalue weighted by molar-refractivity contribution is 0.0645. The van der Waals surface area contributed by atoms with Crippen molar-refractivity contribution in [3.63, 3.8) is 0 Å². The van der Waals surface area contributed by atoms with Gasteiger partial charge in [0.1, 0.15) is 11.5 Å². The van der Waals surface area contributed by atoms with Gasteiger partial charge in [0.05, 0.1) is 18.1 Å². The summed E-state index contributed by atoms with van der Waals surface area (Å²) in [7, 11) is -1.43. The minimum Gasteiger partial charge on any atom is -0.395 e. The topological polar surface area (TPSA) is 79.6 Å². The van der Waals surface area contributed by atoms with Gasteiger partial charge in [-0.1, -0.05) is 0 Å². The Hall–Kier alpha value is -1.93. The molecular formula is C17H21FN2O4S. The predicted molar refractivity (Wildman–Crippen MR) is 92.8 cm³/mol. The number of aliphatic hydroxyl groups is 1. The van der Waals surface area contributed by atoms with Crippen LogP contribution in [0.5, 0.6) is 0 Å². The third kappa shape index (κ3) is 3.16. The zero-order valence-electron chi connectivity index (χ0n) is 14.2. The largest absolute Gasteiger partial charge is 0.395 e. The van der Waals surface area contributed by atoms with Crippen molar-refractivity contribution in [2.24, 2.45) is 7.05 Å². The van der Waals surface area contributed by atoms with Gasteiger partial charge < -0.3 is 14.6 Å². The molecule has 3 rings (SSSR count). The lowest BCUT2D eigenvalue weighted by atomic mass is 10.1. The Morgan fingerprint density at radius 2 is 2.16 bits per heavy atom. The minimum atomic E-state index is -3.16. The van der Waals surface area contributed by atoms with E-state index < -0.39 is 15.9 Å². The highest BCUT2D eigenvalue weighted by Crippen LogP contribution is 2.28. The first-order valence-corrected chi connectivity index (χ1v) is 9.94. The molecule has 0 unspecified atom stereocenters. The van der Waals surface area contributed by atoms with E-state index in [9.17, 15) is 22.7 Å². The number of carbonyl (C=O) groups excluding carboxylic acids is 1. The van der Waals surface area contributed by atoms with Crippen molar-refractivity contribution in [3.8, 4) is 0 Å². The number of rotatable bonds is 4. The van der Waals surface area contributed by atoms with Gasteiger partial charge in [0.25, 0.3) is 5.91 Å². The number of hydrogen-bond donors (Lipinski definition) is 1. The Balaban J connectivity index is 2.04. The van der Waals surface area contributed by atoms with Gasteiger partial charge in [-0.15, -0.1) is 0 Å². The summed E-state index contributed by atoms with van der Waals surface area (Å²) < 4.78 is 38.8. The number of hydrogen-bond acceptors (Lipinski definition) is 4. The zero-order valence-corrected chi connectivity index (χ0v) is 15.0. The fourth-order valence-electron chi connectivity index (χ4n) is 3.62. The maximum atomic E-state index is 13.6. The highest BCUT2D eigenvalue weighted by molar-refractivity contribution is 7.91. The van der Waals surface area contributed by atoms with Crippen LogP contribution in [0.1, 0.15) is 22.5 Å².